The first-order chi connectivity index (χ1) is 14.1. The summed E-state index contributed by atoms with van der Waals surface area (Å²) in [7, 11) is 0. The first kappa shape index (κ1) is 19.4. The zero-order valence-corrected chi connectivity index (χ0v) is 16.3. The van der Waals surface area contributed by atoms with Crippen LogP contribution in [-0.2, 0) is 4.74 Å². The van der Waals surface area contributed by atoms with E-state index in [-0.39, 0.29) is 6.04 Å². The molecular formula is C21H25N7O. The highest BCUT2D eigenvalue weighted by atomic mass is 16.5. The highest BCUT2D eigenvalue weighted by Gasteiger charge is 2.33. The molecule has 150 valence electrons. The predicted molar refractivity (Wildman–Crippen MR) is 110 cm³/mol. The molecule has 4 rings (SSSR count). The lowest BCUT2D eigenvalue weighted by atomic mass is 9.82. The summed E-state index contributed by atoms with van der Waals surface area (Å²) in [6.45, 7) is 1.64. The largest absolute Gasteiger partial charge is 0.381 e. The Morgan fingerprint density at radius 1 is 1.24 bits per heavy atom. The smallest absolute Gasteiger partial charge is 0.143 e. The van der Waals surface area contributed by atoms with Crippen LogP contribution in [0.5, 0.6) is 0 Å². The van der Waals surface area contributed by atoms with Crippen molar-refractivity contribution in [1.29, 1.82) is 10.5 Å². The molecule has 0 unspecified atom stereocenters. The number of ether oxygens (including phenoxy) is 1. The van der Waals surface area contributed by atoms with E-state index in [0.29, 0.717) is 50.2 Å². The molecule has 3 heterocycles. The maximum atomic E-state index is 9.71. The van der Waals surface area contributed by atoms with Gasteiger partial charge < -0.3 is 21.1 Å². The molecule has 8 nitrogen and oxygen atoms in total. The van der Waals surface area contributed by atoms with Gasteiger partial charge in [-0.3, -0.25) is 0 Å². The average Bonchev–Trinajstić information content (AvgIpc) is 3.17. The number of hydrogen-bond acceptors (Lipinski definition) is 8. The van der Waals surface area contributed by atoms with Crippen LogP contribution in [0, 0.1) is 28.1 Å². The summed E-state index contributed by atoms with van der Waals surface area (Å²) in [5, 5.41) is 27.6. The van der Waals surface area contributed by atoms with Gasteiger partial charge in [-0.05, 0) is 44.2 Å². The SMILES string of the molecule is N#Cc1cc2cnc(N[C@H]3CC[C@H](N)C3)cc2c(NCC2(C#N)CCOCC2)n1. The fraction of sp³-hybridized carbons (Fsp3) is 0.524. The molecule has 0 amide bonds. The van der Waals surface area contributed by atoms with Gasteiger partial charge in [0.1, 0.15) is 23.4 Å². The van der Waals surface area contributed by atoms with Crippen molar-refractivity contribution in [2.75, 3.05) is 30.4 Å². The Morgan fingerprint density at radius 3 is 2.76 bits per heavy atom. The van der Waals surface area contributed by atoms with Crippen molar-refractivity contribution in [1.82, 2.24) is 9.97 Å². The molecule has 2 aromatic heterocycles. The van der Waals surface area contributed by atoms with Crippen molar-refractivity contribution >= 4 is 22.4 Å². The second-order valence-electron chi connectivity index (χ2n) is 8.03. The van der Waals surface area contributed by atoms with Crippen LogP contribution in [0.4, 0.5) is 11.6 Å². The Labute approximate surface area is 170 Å². The van der Waals surface area contributed by atoms with Crippen LogP contribution in [0.15, 0.2) is 18.3 Å². The van der Waals surface area contributed by atoms with Gasteiger partial charge >= 0.3 is 0 Å². The lowest BCUT2D eigenvalue weighted by molar-refractivity contribution is 0.0456. The van der Waals surface area contributed by atoms with Crippen molar-refractivity contribution in [3.8, 4) is 12.1 Å². The van der Waals surface area contributed by atoms with Crippen LogP contribution < -0.4 is 16.4 Å². The Hall–Kier alpha value is -2.94. The molecule has 0 bridgehead atoms. The molecule has 1 aliphatic carbocycles. The summed E-state index contributed by atoms with van der Waals surface area (Å²) in [5.41, 5.74) is 5.85. The van der Waals surface area contributed by atoms with Crippen LogP contribution in [0.3, 0.4) is 0 Å². The van der Waals surface area contributed by atoms with E-state index in [2.05, 4.69) is 32.7 Å². The minimum absolute atomic E-state index is 0.242. The van der Waals surface area contributed by atoms with Gasteiger partial charge in [0.05, 0.1) is 11.5 Å². The summed E-state index contributed by atoms with van der Waals surface area (Å²) < 4.78 is 5.41. The van der Waals surface area contributed by atoms with E-state index in [1.54, 1.807) is 12.3 Å². The highest BCUT2D eigenvalue weighted by Crippen LogP contribution is 2.32. The predicted octanol–water partition coefficient (Wildman–Crippen LogP) is 2.53. The molecule has 2 fully saturated rings. The van der Waals surface area contributed by atoms with Crippen molar-refractivity contribution in [3.63, 3.8) is 0 Å². The summed E-state index contributed by atoms with van der Waals surface area (Å²) in [6, 6.07) is 8.82. The molecule has 1 aliphatic heterocycles. The molecule has 1 saturated heterocycles. The maximum absolute atomic E-state index is 9.71. The second kappa shape index (κ2) is 8.20. The molecule has 0 radical (unpaired) electrons. The average molecular weight is 391 g/mol. The van der Waals surface area contributed by atoms with Gasteiger partial charge in [-0.2, -0.15) is 10.5 Å². The molecule has 1 saturated carbocycles. The number of fused-ring (bicyclic) bond motifs is 1. The Morgan fingerprint density at radius 2 is 2.07 bits per heavy atom. The standard InChI is InChI=1S/C21H25N7O/c22-10-17-7-14-11-25-19(27-16-2-1-15(24)8-16)9-18(14)20(28-17)26-13-21(12-23)3-5-29-6-4-21/h7,9,11,15-16H,1-6,8,13,24H2,(H,25,27)(H,26,28)/t15-,16-/m0/s1. The van der Waals surface area contributed by atoms with E-state index in [9.17, 15) is 10.5 Å². The summed E-state index contributed by atoms with van der Waals surface area (Å²) in [4.78, 5) is 8.97. The monoisotopic (exact) mass is 391 g/mol. The summed E-state index contributed by atoms with van der Waals surface area (Å²) in [5.74, 6) is 1.38. The molecule has 4 N–H and O–H groups in total. The molecule has 8 heteroatoms. The van der Waals surface area contributed by atoms with Crippen LogP contribution in [-0.4, -0.2) is 41.8 Å². The second-order valence-corrected chi connectivity index (χ2v) is 8.03. The van der Waals surface area contributed by atoms with Gasteiger partial charge in [0, 0.05) is 48.8 Å². The first-order valence-electron chi connectivity index (χ1n) is 10.1. The number of nitrogens with one attached hydrogen (secondary N) is 2. The quantitative estimate of drug-likeness (QED) is 0.708. The fourth-order valence-electron chi connectivity index (χ4n) is 4.12. The number of nitrogens with zero attached hydrogens (tertiary/aromatic N) is 4. The molecule has 29 heavy (non-hydrogen) atoms. The van der Waals surface area contributed by atoms with Crippen LogP contribution in [0.2, 0.25) is 0 Å². The Kier molecular flexibility index (Phi) is 5.48. The minimum atomic E-state index is -0.483. The zero-order chi connectivity index (χ0) is 20.3. The van der Waals surface area contributed by atoms with Crippen LogP contribution in [0.1, 0.15) is 37.8 Å². The number of aromatic nitrogens is 2. The van der Waals surface area contributed by atoms with Crippen LogP contribution >= 0.6 is 0 Å². The summed E-state index contributed by atoms with van der Waals surface area (Å²) in [6.07, 6.45) is 6.11. The van der Waals surface area contributed by atoms with Gasteiger partial charge in [-0.25, -0.2) is 9.97 Å². The fourth-order valence-corrected chi connectivity index (χ4v) is 4.12. The number of hydrogen-bond donors (Lipinski definition) is 3. The number of pyridine rings is 2. The molecular weight excluding hydrogens is 366 g/mol. The topological polar surface area (TPSA) is 133 Å². The zero-order valence-electron chi connectivity index (χ0n) is 16.3. The molecule has 0 spiro atoms. The number of nitrogens with two attached hydrogens (primary N) is 1. The lowest BCUT2D eigenvalue weighted by Gasteiger charge is -2.31. The normalized spacial score (nSPS) is 23.3. The maximum Gasteiger partial charge on any atom is 0.143 e. The lowest BCUT2D eigenvalue weighted by Crippen LogP contribution is -2.35. The van der Waals surface area contributed by atoms with Crippen molar-refractivity contribution in [2.24, 2.45) is 11.1 Å². The van der Waals surface area contributed by atoms with Crippen LogP contribution in [0.25, 0.3) is 10.8 Å². The van der Waals surface area contributed by atoms with E-state index in [1.165, 1.54) is 0 Å². The molecule has 2 atom stereocenters. The van der Waals surface area contributed by atoms with Gasteiger partial charge in [-0.15, -0.1) is 0 Å². The van der Waals surface area contributed by atoms with E-state index in [1.807, 2.05) is 6.07 Å². The molecule has 2 aromatic rings. The van der Waals surface area contributed by atoms with Gasteiger partial charge in [0.15, 0.2) is 0 Å². The first-order valence-corrected chi connectivity index (χ1v) is 10.1. The number of rotatable bonds is 5. The third kappa shape index (κ3) is 4.24. The van der Waals surface area contributed by atoms with E-state index >= 15 is 0 Å². The van der Waals surface area contributed by atoms with Crippen molar-refractivity contribution in [3.05, 3.63) is 24.0 Å². The Balaban J connectivity index is 1.61. The highest BCUT2D eigenvalue weighted by molar-refractivity contribution is 5.93. The molecule has 2 aliphatic rings. The Bertz CT molecular complexity index is 971. The third-order valence-electron chi connectivity index (χ3n) is 5.94. The van der Waals surface area contributed by atoms with E-state index < -0.39 is 5.41 Å². The van der Waals surface area contributed by atoms with Crippen molar-refractivity contribution < 1.29 is 4.74 Å². The van der Waals surface area contributed by atoms with Gasteiger partial charge in [0.2, 0.25) is 0 Å². The molecule has 0 aromatic carbocycles. The van der Waals surface area contributed by atoms with E-state index in [4.69, 9.17) is 10.5 Å². The van der Waals surface area contributed by atoms with Gasteiger partial charge in [-0.1, -0.05) is 0 Å². The van der Waals surface area contributed by atoms with Gasteiger partial charge in [0.25, 0.3) is 0 Å². The number of nitriles is 2. The summed E-state index contributed by atoms with van der Waals surface area (Å²) >= 11 is 0. The number of anilines is 2. The minimum Gasteiger partial charge on any atom is -0.381 e. The van der Waals surface area contributed by atoms with E-state index in [0.717, 1.165) is 35.9 Å². The third-order valence-corrected chi connectivity index (χ3v) is 5.94. The van der Waals surface area contributed by atoms with Crippen molar-refractivity contribution in [2.45, 2.75) is 44.2 Å².